The van der Waals surface area contributed by atoms with Crippen LogP contribution in [0.2, 0.25) is 0 Å². The topological polar surface area (TPSA) is 55.5 Å². The lowest BCUT2D eigenvalue weighted by molar-refractivity contribution is -0.0714. The molecule has 0 spiro atoms. The van der Waals surface area contributed by atoms with Crippen molar-refractivity contribution in [2.24, 2.45) is 5.73 Å². The SMILES string of the molecule is Cl.N[C@@H](c1cccc(OC(F)F)c1)C(F)(F)CO. The average Bonchev–Trinajstić information content (AvgIpc) is 2.27. The van der Waals surface area contributed by atoms with Crippen LogP contribution in [0.3, 0.4) is 0 Å². The zero-order valence-electron chi connectivity index (χ0n) is 9.02. The van der Waals surface area contributed by atoms with Crippen LogP contribution in [0.4, 0.5) is 17.6 Å². The second-order valence-corrected chi connectivity index (χ2v) is 3.35. The lowest BCUT2D eigenvalue weighted by atomic mass is 10.0. The van der Waals surface area contributed by atoms with Gasteiger partial charge >= 0.3 is 6.61 Å². The highest BCUT2D eigenvalue weighted by Gasteiger charge is 2.37. The molecular formula is C10H12ClF4NO2. The number of nitrogens with two attached hydrogens (primary N) is 1. The van der Waals surface area contributed by atoms with Gasteiger partial charge in [0.25, 0.3) is 5.92 Å². The van der Waals surface area contributed by atoms with E-state index in [1.165, 1.54) is 18.2 Å². The van der Waals surface area contributed by atoms with Crippen LogP contribution in [-0.4, -0.2) is 24.2 Å². The second-order valence-electron chi connectivity index (χ2n) is 3.35. The van der Waals surface area contributed by atoms with Gasteiger partial charge in [-0.1, -0.05) is 12.1 Å². The first-order valence-corrected chi connectivity index (χ1v) is 4.66. The van der Waals surface area contributed by atoms with Gasteiger partial charge < -0.3 is 15.6 Å². The van der Waals surface area contributed by atoms with E-state index in [2.05, 4.69) is 4.74 Å². The Bertz CT molecular complexity index is 379. The molecule has 18 heavy (non-hydrogen) atoms. The minimum atomic E-state index is -3.52. The lowest BCUT2D eigenvalue weighted by Gasteiger charge is -2.22. The maximum atomic E-state index is 13.1. The molecule has 0 aliphatic heterocycles. The maximum absolute atomic E-state index is 13.1. The number of ether oxygens (including phenoxy) is 1. The largest absolute Gasteiger partial charge is 0.435 e. The Kier molecular flexibility index (Phi) is 6.37. The van der Waals surface area contributed by atoms with Gasteiger partial charge in [0.05, 0.1) is 6.04 Å². The van der Waals surface area contributed by atoms with Crippen LogP contribution in [0.15, 0.2) is 24.3 Å². The Morgan fingerprint density at radius 1 is 1.33 bits per heavy atom. The van der Waals surface area contributed by atoms with Crippen LogP contribution in [0.1, 0.15) is 11.6 Å². The van der Waals surface area contributed by atoms with Crippen LogP contribution in [0.25, 0.3) is 0 Å². The van der Waals surface area contributed by atoms with Crippen molar-refractivity contribution >= 4 is 12.4 Å². The Morgan fingerprint density at radius 2 is 1.94 bits per heavy atom. The summed E-state index contributed by atoms with van der Waals surface area (Å²) in [4.78, 5) is 0. The predicted molar refractivity (Wildman–Crippen MR) is 59.3 cm³/mol. The van der Waals surface area contributed by atoms with E-state index in [4.69, 9.17) is 10.8 Å². The molecule has 1 aromatic carbocycles. The highest BCUT2D eigenvalue weighted by molar-refractivity contribution is 5.85. The zero-order chi connectivity index (χ0) is 13.1. The minimum Gasteiger partial charge on any atom is -0.435 e. The van der Waals surface area contributed by atoms with Gasteiger partial charge in [-0.3, -0.25) is 0 Å². The summed E-state index contributed by atoms with van der Waals surface area (Å²) in [7, 11) is 0. The Labute approximate surface area is 107 Å². The molecule has 0 unspecified atom stereocenters. The van der Waals surface area contributed by atoms with E-state index in [9.17, 15) is 17.6 Å². The Morgan fingerprint density at radius 3 is 2.44 bits per heavy atom. The molecule has 0 bridgehead atoms. The molecule has 8 heteroatoms. The molecule has 0 aliphatic carbocycles. The lowest BCUT2D eigenvalue weighted by Crippen LogP contribution is -2.36. The number of hydrogen-bond acceptors (Lipinski definition) is 3. The summed E-state index contributed by atoms with van der Waals surface area (Å²) in [6.45, 7) is -4.46. The van der Waals surface area contributed by atoms with E-state index in [0.717, 1.165) is 6.07 Å². The van der Waals surface area contributed by atoms with Crippen molar-refractivity contribution in [2.45, 2.75) is 18.6 Å². The molecular weight excluding hydrogens is 278 g/mol. The molecule has 0 saturated carbocycles. The Hall–Kier alpha value is -1.05. The van der Waals surface area contributed by atoms with E-state index >= 15 is 0 Å². The highest BCUT2D eigenvalue weighted by Crippen LogP contribution is 2.30. The standard InChI is InChI=1S/C10H11F4NO2.ClH/c11-9(12)17-7-3-1-2-6(4-7)8(15)10(13,14)5-16;/h1-4,8-9,16H,5,15H2;1H/t8-;/m0./s1. The zero-order valence-corrected chi connectivity index (χ0v) is 9.84. The number of alkyl halides is 4. The van der Waals surface area contributed by atoms with E-state index < -0.39 is 25.2 Å². The molecule has 0 heterocycles. The molecule has 0 amide bonds. The molecule has 0 aromatic heterocycles. The highest BCUT2D eigenvalue weighted by atomic mass is 35.5. The van der Waals surface area contributed by atoms with Crippen LogP contribution < -0.4 is 10.5 Å². The fourth-order valence-corrected chi connectivity index (χ4v) is 1.23. The monoisotopic (exact) mass is 289 g/mol. The smallest absolute Gasteiger partial charge is 0.387 e. The number of aliphatic hydroxyl groups excluding tert-OH is 1. The summed E-state index contributed by atoms with van der Waals surface area (Å²) in [5.74, 6) is -3.79. The van der Waals surface area contributed by atoms with Gasteiger partial charge in [0.15, 0.2) is 0 Å². The summed E-state index contributed by atoms with van der Waals surface area (Å²) in [5, 5.41) is 8.46. The fraction of sp³-hybridized carbons (Fsp3) is 0.400. The van der Waals surface area contributed by atoms with Crippen LogP contribution in [0, 0.1) is 0 Å². The second kappa shape index (κ2) is 6.77. The van der Waals surface area contributed by atoms with E-state index in [-0.39, 0.29) is 23.7 Å². The maximum Gasteiger partial charge on any atom is 0.387 e. The van der Waals surface area contributed by atoms with Gasteiger partial charge in [0.2, 0.25) is 0 Å². The van der Waals surface area contributed by atoms with E-state index in [1.807, 2.05) is 0 Å². The summed E-state index contributed by atoms with van der Waals surface area (Å²) < 4.78 is 54.0. The van der Waals surface area contributed by atoms with Crippen molar-refractivity contribution in [3.05, 3.63) is 29.8 Å². The first-order valence-electron chi connectivity index (χ1n) is 4.66. The van der Waals surface area contributed by atoms with Gasteiger partial charge in [0.1, 0.15) is 12.4 Å². The summed E-state index contributed by atoms with van der Waals surface area (Å²) in [6, 6.07) is 2.90. The third kappa shape index (κ3) is 4.32. The molecule has 0 aliphatic rings. The first kappa shape index (κ1) is 16.9. The molecule has 3 nitrogen and oxygen atoms in total. The summed E-state index contributed by atoms with van der Waals surface area (Å²) in [6.07, 6.45) is 0. The van der Waals surface area contributed by atoms with Crippen LogP contribution in [0.5, 0.6) is 5.75 Å². The van der Waals surface area contributed by atoms with Crippen LogP contribution in [-0.2, 0) is 0 Å². The van der Waals surface area contributed by atoms with Gasteiger partial charge in [-0.15, -0.1) is 12.4 Å². The molecule has 0 fully saturated rings. The number of hydrogen-bond donors (Lipinski definition) is 2. The molecule has 104 valence electrons. The van der Waals surface area contributed by atoms with Crippen molar-refractivity contribution < 1.29 is 27.4 Å². The normalized spacial score (nSPS) is 13.1. The van der Waals surface area contributed by atoms with Crippen molar-refractivity contribution in [3.8, 4) is 5.75 Å². The van der Waals surface area contributed by atoms with Gasteiger partial charge in [-0.2, -0.15) is 8.78 Å². The number of halogens is 5. The van der Waals surface area contributed by atoms with Crippen molar-refractivity contribution in [1.82, 2.24) is 0 Å². The van der Waals surface area contributed by atoms with Crippen molar-refractivity contribution in [2.75, 3.05) is 6.61 Å². The van der Waals surface area contributed by atoms with Crippen molar-refractivity contribution in [1.29, 1.82) is 0 Å². The first-order chi connectivity index (χ1) is 7.86. The van der Waals surface area contributed by atoms with E-state index in [1.54, 1.807) is 0 Å². The van der Waals surface area contributed by atoms with Gasteiger partial charge in [-0.05, 0) is 17.7 Å². The molecule has 1 atom stereocenters. The average molecular weight is 290 g/mol. The number of benzene rings is 1. The van der Waals surface area contributed by atoms with Crippen LogP contribution >= 0.6 is 12.4 Å². The summed E-state index contributed by atoms with van der Waals surface area (Å²) >= 11 is 0. The third-order valence-electron chi connectivity index (χ3n) is 2.11. The summed E-state index contributed by atoms with van der Waals surface area (Å²) in [5.41, 5.74) is 5.13. The number of aliphatic hydroxyl groups is 1. The third-order valence-corrected chi connectivity index (χ3v) is 2.11. The number of rotatable bonds is 5. The molecule has 1 rings (SSSR count). The molecule has 0 radical (unpaired) electrons. The Balaban J connectivity index is 0.00000289. The quantitative estimate of drug-likeness (QED) is 0.818. The fourth-order valence-electron chi connectivity index (χ4n) is 1.23. The minimum absolute atomic E-state index is 0. The molecule has 0 saturated heterocycles. The predicted octanol–water partition coefficient (Wildman–Crippen LogP) is 2.34. The van der Waals surface area contributed by atoms with Gasteiger partial charge in [0, 0.05) is 0 Å². The van der Waals surface area contributed by atoms with Gasteiger partial charge in [-0.25, -0.2) is 8.78 Å². The van der Waals surface area contributed by atoms with Crippen molar-refractivity contribution in [3.63, 3.8) is 0 Å². The van der Waals surface area contributed by atoms with E-state index in [0.29, 0.717) is 0 Å². The molecule has 1 aromatic rings. The molecule has 3 N–H and O–H groups in total.